The van der Waals surface area contributed by atoms with Gasteiger partial charge in [-0.2, -0.15) is 0 Å². The molecule has 1 atom stereocenters. The minimum atomic E-state index is -0.998. The predicted molar refractivity (Wildman–Crippen MR) is 126 cm³/mol. The monoisotopic (exact) mass is 451 g/mol. The van der Waals surface area contributed by atoms with Crippen molar-refractivity contribution in [2.24, 2.45) is 0 Å². The van der Waals surface area contributed by atoms with Crippen molar-refractivity contribution in [2.45, 2.75) is 64.2 Å². The first-order chi connectivity index (χ1) is 15.5. The van der Waals surface area contributed by atoms with Gasteiger partial charge in [0, 0.05) is 17.0 Å². The molecule has 2 aliphatic rings. The summed E-state index contributed by atoms with van der Waals surface area (Å²) in [6.45, 7) is 5.15. The van der Waals surface area contributed by atoms with Gasteiger partial charge in [0.05, 0.1) is 19.7 Å². The molecule has 5 rings (SSSR count). The molecule has 0 unspecified atom stereocenters. The topological polar surface area (TPSA) is 63.6 Å². The van der Waals surface area contributed by atoms with E-state index in [2.05, 4.69) is 5.32 Å². The fraction of sp³-hybridized carbons (Fsp3) is 0.440. The quantitative estimate of drug-likeness (QED) is 0.597. The number of ether oxygens (including phenoxy) is 1. The maximum absolute atomic E-state index is 13.8. The normalized spacial score (nSPS) is 21.2. The predicted octanol–water partition coefficient (Wildman–Crippen LogP) is 4.58. The van der Waals surface area contributed by atoms with Crippen molar-refractivity contribution in [1.82, 2.24) is 14.8 Å². The van der Waals surface area contributed by atoms with Crippen LogP contribution in [0.15, 0.2) is 41.8 Å². The highest BCUT2D eigenvalue weighted by Gasteiger charge is 2.48. The molecule has 2 amide bonds. The first kappa shape index (κ1) is 21.1. The molecule has 2 aromatic heterocycles. The second-order valence-corrected chi connectivity index (χ2v) is 9.85. The number of nitrogens with zero attached hydrogens (tertiary/aromatic N) is 2. The first-order valence-corrected chi connectivity index (χ1v) is 12.3. The summed E-state index contributed by atoms with van der Waals surface area (Å²) >= 11 is 1.61. The number of carbonyl (C=O) groups excluding carboxylic acids is 2. The number of carbonyl (C=O) groups is 2. The molecule has 1 N–H and O–H groups in total. The second-order valence-electron chi connectivity index (χ2n) is 8.96. The van der Waals surface area contributed by atoms with Crippen LogP contribution < -0.4 is 10.1 Å². The average molecular weight is 452 g/mol. The molecule has 168 valence electrons. The van der Waals surface area contributed by atoms with Gasteiger partial charge in [-0.15, -0.1) is 11.3 Å². The van der Waals surface area contributed by atoms with Gasteiger partial charge >= 0.3 is 0 Å². The Balaban J connectivity index is 1.55. The van der Waals surface area contributed by atoms with Crippen LogP contribution in [0.3, 0.4) is 0 Å². The van der Waals surface area contributed by atoms with Crippen molar-refractivity contribution in [1.29, 1.82) is 0 Å². The maximum Gasteiger partial charge on any atom is 0.271 e. The number of hydrogen-bond donors (Lipinski definition) is 1. The number of benzene rings is 1. The molecule has 1 aromatic carbocycles. The molecule has 1 fully saturated rings. The Kier molecular flexibility index (Phi) is 5.45. The van der Waals surface area contributed by atoms with Gasteiger partial charge in [0.25, 0.3) is 5.91 Å². The fourth-order valence-corrected chi connectivity index (χ4v) is 5.91. The standard InChI is InChI=1S/C25H29N3O3S/c1-3-31-21-11-7-4-8-18(21)15-28-22(29)20-14-17-12-13-32-23(17)27(20)16-25(28,2)24(30)26-19-9-5-6-10-19/h4,7-8,11-14,19H,3,5-6,9-10,15-16H2,1-2H3,(H,26,30)/t25-/m0/s1. The van der Waals surface area contributed by atoms with Crippen molar-refractivity contribution < 1.29 is 14.3 Å². The number of amides is 2. The van der Waals surface area contributed by atoms with Crippen LogP contribution >= 0.6 is 11.3 Å². The van der Waals surface area contributed by atoms with E-state index in [1.165, 1.54) is 0 Å². The van der Waals surface area contributed by atoms with Gasteiger partial charge in [-0.05, 0) is 50.3 Å². The summed E-state index contributed by atoms with van der Waals surface area (Å²) in [5.41, 5.74) is 0.554. The number of fused-ring (bicyclic) bond motifs is 3. The molecule has 1 saturated carbocycles. The molecule has 0 saturated heterocycles. The molecule has 32 heavy (non-hydrogen) atoms. The molecule has 0 spiro atoms. The largest absolute Gasteiger partial charge is 0.494 e. The molecule has 6 nitrogen and oxygen atoms in total. The molecule has 0 bridgehead atoms. The van der Waals surface area contributed by atoms with E-state index in [4.69, 9.17) is 4.74 Å². The average Bonchev–Trinajstić information content (AvgIpc) is 3.51. The summed E-state index contributed by atoms with van der Waals surface area (Å²) in [5, 5.41) is 6.34. The third-order valence-corrected chi connectivity index (χ3v) is 7.76. The van der Waals surface area contributed by atoms with Crippen LogP contribution in [-0.2, 0) is 17.9 Å². The van der Waals surface area contributed by atoms with E-state index in [9.17, 15) is 9.59 Å². The van der Waals surface area contributed by atoms with Crippen LogP contribution in [0.4, 0.5) is 0 Å². The van der Waals surface area contributed by atoms with E-state index in [1.54, 1.807) is 16.2 Å². The zero-order valence-electron chi connectivity index (χ0n) is 18.6. The Labute approximate surface area is 192 Å². The Morgan fingerprint density at radius 1 is 1.25 bits per heavy atom. The molecule has 3 aromatic rings. The van der Waals surface area contributed by atoms with E-state index in [0.717, 1.165) is 47.2 Å². The van der Waals surface area contributed by atoms with E-state index < -0.39 is 5.54 Å². The first-order valence-electron chi connectivity index (χ1n) is 11.4. The second kappa shape index (κ2) is 8.28. The van der Waals surface area contributed by atoms with Crippen LogP contribution in [-0.4, -0.2) is 39.5 Å². The summed E-state index contributed by atoms with van der Waals surface area (Å²) < 4.78 is 7.84. The third-order valence-electron chi connectivity index (χ3n) is 6.81. The highest BCUT2D eigenvalue weighted by Crippen LogP contribution is 2.36. The Hall–Kier alpha value is -2.80. The van der Waals surface area contributed by atoms with Crippen LogP contribution in [0, 0.1) is 0 Å². The van der Waals surface area contributed by atoms with Crippen LogP contribution in [0.2, 0.25) is 0 Å². The lowest BCUT2D eigenvalue weighted by atomic mass is 9.93. The molecule has 1 aliphatic carbocycles. The summed E-state index contributed by atoms with van der Waals surface area (Å²) in [6.07, 6.45) is 4.30. The van der Waals surface area contributed by atoms with Crippen molar-refractivity contribution in [3.63, 3.8) is 0 Å². The van der Waals surface area contributed by atoms with Crippen LogP contribution in [0.1, 0.15) is 55.6 Å². The van der Waals surface area contributed by atoms with E-state index >= 15 is 0 Å². The summed E-state index contributed by atoms with van der Waals surface area (Å²) in [4.78, 5) is 30.3. The van der Waals surface area contributed by atoms with Crippen LogP contribution in [0.5, 0.6) is 5.75 Å². The smallest absolute Gasteiger partial charge is 0.271 e. The highest BCUT2D eigenvalue weighted by atomic mass is 32.1. The van der Waals surface area contributed by atoms with Crippen molar-refractivity contribution >= 4 is 33.4 Å². The van der Waals surface area contributed by atoms with Gasteiger partial charge in [0.15, 0.2) is 0 Å². The number of para-hydroxylation sites is 1. The molecule has 3 heterocycles. The number of rotatable bonds is 6. The van der Waals surface area contributed by atoms with Gasteiger partial charge in [-0.25, -0.2) is 0 Å². The maximum atomic E-state index is 13.8. The SMILES string of the molecule is CCOc1ccccc1CN1C(=O)c2cc3ccsc3n2C[C@@]1(C)C(=O)NC1CCCC1. The molecule has 0 radical (unpaired) electrons. The molecular weight excluding hydrogens is 422 g/mol. The third kappa shape index (κ3) is 3.48. The van der Waals surface area contributed by atoms with Crippen molar-refractivity contribution in [3.05, 3.63) is 53.0 Å². The lowest BCUT2D eigenvalue weighted by Gasteiger charge is -2.44. The molecule has 1 aliphatic heterocycles. The lowest BCUT2D eigenvalue weighted by molar-refractivity contribution is -0.133. The van der Waals surface area contributed by atoms with Gasteiger partial charge < -0.3 is 19.5 Å². The number of aromatic nitrogens is 1. The summed E-state index contributed by atoms with van der Waals surface area (Å²) in [5.74, 6) is 0.564. The summed E-state index contributed by atoms with van der Waals surface area (Å²) in [6, 6.07) is 11.9. The van der Waals surface area contributed by atoms with Gasteiger partial charge in [-0.1, -0.05) is 31.0 Å². The molecule has 7 heteroatoms. The van der Waals surface area contributed by atoms with E-state index in [1.807, 2.05) is 60.2 Å². The Morgan fingerprint density at radius 3 is 2.81 bits per heavy atom. The minimum absolute atomic E-state index is 0.0734. The van der Waals surface area contributed by atoms with E-state index in [0.29, 0.717) is 25.4 Å². The van der Waals surface area contributed by atoms with Crippen LogP contribution in [0.25, 0.3) is 10.2 Å². The number of nitrogens with one attached hydrogen (secondary N) is 1. The van der Waals surface area contributed by atoms with Gasteiger partial charge in [0.1, 0.15) is 21.8 Å². The molecular formula is C25H29N3O3S. The van der Waals surface area contributed by atoms with Gasteiger partial charge in [0.2, 0.25) is 5.91 Å². The fourth-order valence-electron chi connectivity index (χ4n) is 5.02. The van der Waals surface area contributed by atoms with Crippen molar-refractivity contribution in [3.8, 4) is 5.75 Å². The van der Waals surface area contributed by atoms with Crippen molar-refractivity contribution in [2.75, 3.05) is 6.61 Å². The zero-order chi connectivity index (χ0) is 22.3. The Morgan fingerprint density at radius 2 is 2.03 bits per heavy atom. The zero-order valence-corrected chi connectivity index (χ0v) is 19.4. The number of hydrogen-bond acceptors (Lipinski definition) is 4. The minimum Gasteiger partial charge on any atom is -0.494 e. The lowest BCUT2D eigenvalue weighted by Crippen LogP contribution is -2.64. The summed E-state index contributed by atoms with van der Waals surface area (Å²) in [7, 11) is 0. The van der Waals surface area contributed by atoms with Gasteiger partial charge in [-0.3, -0.25) is 9.59 Å². The Bertz CT molecular complexity index is 1160. The van der Waals surface area contributed by atoms with E-state index in [-0.39, 0.29) is 17.9 Å². The highest BCUT2D eigenvalue weighted by molar-refractivity contribution is 7.16. The number of thiophene rings is 1.